The summed E-state index contributed by atoms with van der Waals surface area (Å²) in [5, 5.41) is 8.51. The molecule has 0 bridgehead atoms. The Morgan fingerprint density at radius 3 is 3.00 bits per heavy atom. The molecule has 0 aliphatic carbocycles. The number of hydrogen-bond acceptors (Lipinski definition) is 4. The average molecular weight is 302 g/mol. The molecule has 5 nitrogen and oxygen atoms in total. The summed E-state index contributed by atoms with van der Waals surface area (Å²) >= 11 is 1.50. The Bertz CT molecular complexity index is 482. The molecule has 0 saturated carbocycles. The van der Waals surface area contributed by atoms with Crippen LogP contribution in [0, 0.1) is 0 Å². The molecule has 0 atom stereocenters. The molecule has 0 fully saturated rings. The van der Waals surface area contributed by atoms with E-state index < -0.39 is 0 Å². The van der Waals surface area contributed by atoms with E-state index >= 15 is 0 Å². The quantitative estimate of drug-likeness (QED) is 0.792. The predicted octanol–water partition coefficient (Wildman–Crippen LogP) is 1.70. The van der Waals surface area contributed by atoms with Gasteiger partial charge in [0.2, 0.25) is 11.8 Å². The van der Waals surface area contributed by atoms with E-state index in [1.165, 1.54) is 11.8 Å². The summed E-state index contributed by atoms with van der Waals surface area (Å²) in [5.74, 6) is 0.395. The lowest BCUT2D eigenvalue weighted by Gasteiger charge is -2.17. The Balaban J connectivity index is 0.00000180. The normalized spacial score (nSPS) is 13.0. The molecule has 0 radical (unpaired) electrons. The number of thioether (sulfide) groups is 1. The SMILES string of the molecule is CNCCC(=O)Nc1ccc2c(c1)NC(=O)CS2.Cl. The monoisotopic (exact) mass is 301 g/mol. The van der Waals surface area contributed by atoms with E-state index in [0.29, 0.717) is 24.4 Å². The van der Waals surface area contributed by atoms with Crippen LogP contribution in [-0.2, 0) is 9.59 Å². The second-order valence-electron chi connectivity index (χ2n) is 3.95. The minimum atomic E-state index is -0.0425. The third kappa shape index (κ3) is 4.41. The third-order valence-electron chi connectivity index (χ3n) is 2.50. The molecule has 1 aromatic carbocycles. The lowest BCUT2D eigenvalue weighted by atomic mass is 10.2. The highest BCUT2D eigenvalue weighted by Gasteiger charge is 2.15. The molecule has 0 spiro atoms. The number of carbonyl (C=O) groups excluding carboxylic acids is 2. The van der Waals surface area contributed by atoms with E-state index in [1.54, 1.807) is 13.1 Å². The van der Waals surface area contributed by atoms with Gasteiger partial charge in [0, 0.05) is 23.5 Å². The van der Waals surface area contributed by atoms with E-state index in [0.717, 1.165) is 10.6 Å². The smallest absolute Gasteiger partial charge is 0.234 e. The van der Waals surface area contributed by atoms with Crippen LogP contribution in [0.25, 0.3) is 0 Å². The number of carbonyl (C=O) groups is 2. The van der Waals surface area contributed by atoms with Gasteiger partial charge in [-0.15, -0.1) is 24.2 Å². The van der Waals surface area contributed by atoms with E-state index in [4.69, 9.17) is 0 Å². The zero-order valence-corrected chi connectivity index (χ0v) is 12.1. The van der Waals surface area contributed by atoms with Crippen LogP contribution in [0.3, 0.4) is 0 Å². The van der Waals surface area contributed by atoms with Crippen molar-refractivity contribution in [2.45, 2.75) is 11.3 Å². The number of amides is 2. The second-order valence-corrected chi connectivity index (χ2v) is 4.97. The molecule has 0 aromatic heterocycles. The molecule has 2 rings (SSSR count). The first-order valence-corrected chi connectivity index (χ1v) is 6.69. The number of hydrogen-bond donors (Lipinski definition) is 3. The highest BCUT2D eigenvalue weighted by atomic mass is 35.5. The van der Waals surface area contributed by atoms with Crippen LogP contribution < -0.4 is 16.0 Å². The molecule has 3 N–H and O–H groups in total. The van der Waals surface area contributed by atoms with Gasteiger partial charge in [-0.3, -0.25) is 9.59 Å². The zero-order valence-electron chi connectivity index (χ0n) is 10.5. The van der Waals surface area contributed by atoms with Gasteiger partial charge < -0.3 is 16.0 Å². The molecule has 0 saturated heterocycles. The fourth-order valence-corrected chi connectivity index (χ4v) is 2.41. The Morgan fingerprint density at radius 1 is 1.47 bits per heavy atom. The van der Waals surface area contributed by atoms with Crippen molar-refractivity contribution >= 4 is 47.4 Å². The molecular formula is C12H16ClN3O2S. The van der Waals surface area contributed by atoms with Crippen LogP contribution in [-0.4, -0.2) is 31.2 Å². The largest absolute Gasteiger partial charge is 0.326 e. The molecule has 2 amide bonds. The molecule has 0 unspecified atom stereocenters. The van der Waals surface area contributed by atoms with Gasteiger partial charge in [-0.05, 0) is 25.2 Å². The fourth-order valence-electron chi connectivity index (χ4n) is 1.62. The summed E-state index contributed by atoms with van der Waals surface area (Å²) < 4.78 is 0. The summed E-state index contributed by atoms with van der Waals surface area (Å²) in [6.07, 6.45) is 0.425. The number of rotatable bonds is 4. The fraction of sp³-hybridized carbons (Fsp3) is 0.333. The first-order chi connectivity index (χ1) is 8.69. The van der Waals surface area contributed by atoms with Crippen molar-refractivity contribution in [2.24, 2.45) is 0 Å². The Morgan fingerprint density at radius 2 is 2.26 bits per heavy atom. The standard InChI is InChI=1S/C12H15N3O2S.ClH/c1-13-5-4-11(16)14-8-2-3-10-9(6-8)15-12(17)7-18-10;/h2-3,6,13H,4-5,7H2,1H3,(H,14,16)(H,15,17);1H. The van der Waals surface area contributed by atoms with Gasteiger partial charge in [0.25, 0.3) is 0 Å². The second kappa shape index (κ2) is 7.37. The van der Waals surface area contributed by atoms with Crippen LogP contribution in [0.2, 0.25) is 0 Å². The minimum Gasteiger partial charge on any atom is -0.326 e. The first kappa shape index (κ1) is 15.8. The predicted molar refractivity (Wildman–Crippen MR) is 80.2 cm³/mol. The van der Waals surface area contributed by atoms with Crippen LogP contribution in [0.5, 0.6) is 0 Å². The molecule has 104 valence electrons. The minimum absolute atomic E-state index is 0. The zero-order chi connectivity index (χ0) is 13.0. The van der Waals surface area contributed by atoms with Gasteiger partial charge in [-0.2, -0.15) is 0 Å². The van der Waals surface area contributed by atoms with Gasteiger partial charge >= 0.3 is 0 Å². The molecule has 7 heteroatoms. The maximum atomic E-state index is 11.6. The number of benzene rings is 1. The number of anilines is 2. The average Bonchev–Trinajstić information content (AvgIpc) is 2.36. The number of fused-ring (bicyclic) bond motifs is 1. The summed E-state index contributed by atoms with van der Waals surface area (Å²) in [7, 11) is 1.80. The number of halogens is 1. The third-order valence-corrected chi connectivity index (χ3v) is 3.57. The highest BCUT2D eigenvalue weighted by molar-refractivity contribution is 8.00. The van der Waals surface area contributed by atoms with E-state index in [-0.39, 0.29) is 24.2 Å². The number of nitrogens with one attached hydrogen (secondary N) is 3. The Kier molecular flexibility index (Phi) is 6.14. The summed E-state index contributed by atoms with van der Waals surface area (Å²) in [4.78, 5) is 23.9. The summed E-state index contributed by atoms with van der Waals surface area (Å²) in [6.45, 7) is 0.642. The molecule has 1 heterocycles. The van der Waals surface area contributed by atoms with Crippen LogP contribution in [0.4, 0.5) is 11.4 Å². The lowest BCUT2D eigenvalue weighted by Crippen LogP contribution is -2.20. The molecular weight excluding hydrogens is 286 g/mol. The van der Waals surface area contributed by atoms with Gasteiger partial charge in [-0.1, -0.05) is 0 Å². The van der Waals surface area contributed by atoms with Gasteiger partial charge in [0.15, 0.2) is 0 Å². The van der Waals surface area contributed by atoms with Gasteiger partial charge in [0.1, 0.15) is 0 Å². The summed E-state index contributed by atoms with van der Waals surface area (Å²) in [5.41, 5.74) is 1.47. The van der Waals surface area contributed by atoms with Crippen molar-refractivity contribution in [1.82, 2.24) is 5.32 Å². The van der Waals surface area contributed by atoms with Crippen molar-refractivity contribution in [3.63, 3.8) is 0 Å². The molecule has 1 aliphatic rings. The van der Waals surface area contributed by atoms with Crippen molar-refractivity contribution in [1.29, 1.82) is 0 Å². The van der Waals surface area contributed by atoms with Gasteiger partial charge in [0.05, 0.1) is 11.4 Å². The maximum Gasteiger partial charge on any atom is 0.234 e. The topological polar surface area (TPSA) is 70.2 Å². The van der Waals surface area contributed by atoms with E-state index in [9.17, 15) is 9.59 Å². The van der Waals surface area contributed by atoms with E-state index in [2.05, 4.69) is 16.0 Å². The highest BCUT2D eigenvalue weighted by Crippen LogP contribution is 2.33. The van der Waals surface area contributed by atoms with Crippen molar-refractivity contribution in [3.8, 4) is 0 Å². The van der Waals surface area contributed by atoms with Crippen LogP contribution in [0.1, 0.15) is 6.42 Å². The molecule has 19 heavy (non-hydrogen) atoms. The van der Waals surface area contributed by atoms with Crippen LogP contribution in [0.15, 0.2) is 23.1 Å². The molecule has 1 aliphatic heterocycles. The van der Waals surface area contributed by atoms with E-state index in [1.807, 2.05) is 12.1 Å². The summed E-state index contributed by atoms with van der Waals surface area (Å²) in [6, 6.07) is 5.55. The molecule has 1 aromatic rings. The van der Waals surface area contributed by atoms with Crippen molar-refractivity contribution in [2.75, 3.05) is 30.0 Å². The van der Waals surface area contributed by atoms with Crippen molar-refractivity contribution in [3.05, 3.63) is 18.2 Å². The maximum absolute atomic E-state index is 11.6. The Labute approximate surface area is 122 Å². The van der Waals surface area contributed by atoms with Crippen molar-refractivity contribution < 1.29 is 9.59 Å². The van der Waals surface area contributed by atoms with Crippen LogP contribution >= 0.6 is 24.2 Å². The van der Waals surface area contributed by atoms with Gasteiger partial charge in [-0.25, -0.2) is 0 Å². The first-order valence-electron chi connectivity index (χ1n) is 5.70. The lowest BCUT2D eigenvalue weighted by molar-refractivity contribution is -0.116. The Hall–Kier alpha value is -1.24.